The second-order valence-corrected chi connectivity index (χ2v) is 5.96. The Morgan fingerprint density at radius 2 is 1.59 bits per heavy atom. The van der Waals surface area contributed by atoms with Crippen LogP contribution in [0.5, 0.6) is 0 Å². The fourth-order valence-electron chi connectivity index (χ4n) is 2.14. The number of imidazole rings is 1. The van der Waals surface area contributed by atoms with Crippen LogP contribution in [0.25, 0.3) is 0 Å². The second kappa shape index (κ2) is 5.24. The number of nitrogens with zero attached hydrogens (tertiary/aromatic N) is 1. The van der Waals surface area contributed by atoms with E-state index in [1.165, 1.54) is 11.4 Å². The number of aromatic amines is 1. The van der Waals surface area contributed by atoms with E-state index in [9.17, 15) is 0 Å². The maximum absolute atomic E-state index is 4.89. The Kier molecular flexibility index (Phi) is 4.40. The highest BCUT2D eigenvalue weighted by molar-refractivity contribution is 5.27. The molecule has 1 N–H and O–H groups in total. The van der Waals surface area contributed by atoms with Crippen LogP contribution in [0.2, 0.25) is 0 Å². The first-order chi connectivity index (χ1) is 7.85. The zero-order valence-electron chi connectivity index (χ0n) is 12.5. The van der Waals surface area contributed by atoms with Crippen molar-refractivity contribution in [3.63, 3.8) is 0 Å². The van der Waals surface area contributed by atoms with Crippen molar-refractivity contribution in [3.05, 3.63) is 17.2 Å². The van der Waals surface area contributed by atoms with Gasteiger partial charge in [0.2, 0.25) is 0 Å². The molecule has 0 amide bonds. The van der Waals surface area contributed by atoms with E-state index in [1.54, 1.807) is 0 Å². The summed E-state index contributed by atoms with van der Waals surface area (Å²) < 4.78 is 0. The molecule has 1 aromatic heterocycles. The Labute approximate surface area is 106 Å². The number of rotatable bonds is 5. The zero-order chi connectivity index (χ0) is 13.2. The summed E-state index contributed by atoms with van der Waals surface area (Å²) in [6, 6.07) is 0. The van der Waals surface area contributed by atoms with Crippen molar-refractivity contribution < 1.29 is 0 Å². The van der Waals surface area contributed by atoms with E-state index >= 15 is 0 Å². The average molecular weight is 236 g/mol. The molecule has 0 bridgehead atoms. The highest BCUT2D eigenvalue weighted by Gasteiger charge is 2.30. The van der Waals surface area contributed by atoms with Crippen LogP contribution in [-0.2, 0) is 5.41 Å². The smallest absolute Gasteiger partial charge is 0.109 e. The van der Waals surface area contributed by atoms with Gasteiger partial charge in [0.25, 0.3) is 0 Å². The molecule has 1 aromatic rings. The number of aromatic nitrogens is 2. The Balaban J connectivity index is 3.30. The summed E-state index contributed by atoms with van der Waals surface area (Å²) in [6.07, 6.45) is 2.29. The Morgan fingerprint density at radius 3 is 1.94 bits per heavy atom. The van der Waals surface area contributed by atoms with Crippen LogP contribution in [0.15, 0.2) is 0 Å². The molecule has 0 aromatic carbocycles. The van der Waals surface area contributed by atoms with Crippen LogP contribution >= 0.6 is 0 Å². The summed E-state index contributed by atoms with van der Waals surface area (Å²) in [7, 11) is 0. The van der Waals surface area contributed by atoms with E-state index < -0.39 is 0 Å². The van der Waals surface area contributed by atoms with Gasteiger partial charge in [-0.2, -0.15) is 0 Å². The third kappa shape index (κ3) is 2.72. The average Bonchev–Trinajstić information content (AvgIpc) is 2.73. The lowest BCUT2D eigenvalue weighted by Crippen LogP contribution is -2.22. The zero-order valence-corrected chi connectivity index (χ0v) is 12.5. The molecule has 2 nitrogen and oxygen atoms in total. The molecular formula is C15H28N2. The number of hydrogen-bond donors (Lipinski definition) is 1. The van der Waals surface area contributed by atoms with Crippen LogP contribution < -0.4 is 0 Å². The van der Waals surface area contributed by atoms with Crippen molar-refractivity contribution in [2.24, 2.45) is 0 Å². The van der Waals surface area contributed by atoms with Crippen molar-refractivity contribution in [3.8, 4) is 0 Å². The van der Waals surface area contributed by atoms with E-state index in [4.69, 9.17) is 4.98 Å². The minimum Gasteiger partial charge on any atom is -0.345 e. The van der Waals surface area contributed by atoms with Crippen molar-refractivity contribution >= 4 is 0 Å². The van der Waals surface area contributed by atoms with Crippen molar-refractivity contribution in [1.82, 2.24) is 9.97 Å². The van der Waals surface area contributed by atoms with E-state index in [2.05, 4.69) is 53.5 Å². The quantitative estimate of drug-likeness (QED) is 0.786. The third-order valence-corrected chi connectivity index (χ3v) is 4.01. The molecule has 0 aliphatic heterocycles. The van der Waals surface area contributed by atoms with Gasteiger partial charge in [0.15, 0.2) is 0 Å². The molecule has 1 rings (SSSR count). The number of hydrogen-bond acceptors (Lipinski definition) is 1. The van der Waals surface area contributed by atoms with Gasteiger partial charge in [-0.1, -0.05) is 48.5 Å². The first-order valence-electron chi connectivity index (χ1n) is 6.96. The van der Waals surface area contributed by atoms with Gasteiger partial charge in [0.05, 0.1) is 5.69 Å². The first-order valence-corrected chi connectivity index (χ1v) is 6.96. The summed E-state index contributed by atoms with van der Waals surface area (Å²) in [5.74, 6) is 2.12. The molecule has 1 heterocycles. The van der Waals surface area contributed by atoms with E-state index in [1.807, 2.05) is 0 Å². The lowest BCUT2D eigenvalue weighted by molar-refractivity contribution is 0.421. The summed E-state index contributed by atoms with van der Waals surface area (Å²) in [5.41, 5.74) is 2.84. The van der Waals surface area contributed by atoms with Crippen molar-refractivity contribution in [1.29, 1.82) is 0 Å². The molecule has 0 unspecified atom stereocenters. The molecule has 0 saturated heterocycles. The lowest BCUT2D eigenvalue weighted by atomic mass is 9.79. The molecular weight excluding hydrogens is 208 g/mol. The van der Waals surface area contributed by atoms with E-state index in [0.717, 1.165) is 18.7 Å². The van der Waals surface area contributed by atoms with Crippen molar-refractivity contribution in [2.45, 2.75) is 78.6 Å². The summed E-state index contributed by atoms with van der Waals surface area (Å²) in [5, 5.41) is 0. The van der Waals surface area contributed by atoms with Gasteiger partial charge in [-0.15, -0.1) is 0 Å². The van der Waals surface area contributed by atoms with E-state index in [0.29, 0.717) is 11.8 Å². The minimum absolute atomic E-state index is 0.212. The van der Waals surface area contributed by atoms with Crippen LogP contribution in [0.3, 0.4) is 0 Å². The SMILES string of the molecule is CCC(C)(CC)c1nc(C(C)C)[nH]c1C(C)C. The third-order valence-electron chi connectivity index (χ3n) is 4.01. The van der Waals surface area contributed by atoms with E-state index in [-0.39, 0.29) is 5.41 Å². The molecule has 98 valence electrons. The lowest BCUT2D eigenvalue weighted by Gasteiger charge is -2.26. The largest absolute Gasteiger partial charge is 0.345 e. The molecule has 0 aliphatic rings. The maximum atomic E-state index is 4.89. The maximum Gasteiger partial charge on any atom is 0.109 e. The molecule has 0 saturated carbocycles. The molecule has 0 atom stereocenters. The summed E-state index contributed by atoms with van der Waals surface area (Å²) in [4.78, 5) is 8.43. The fraction of sp³-hybridized carbons (Fsp3) is 0.800. The monoisotopic (exact) mass is 236 g/mol. The molecule has 17 heavy (non-hydrogen) atoms. The van der Waals surface area contributed by atoms with Gasteiger partial charge < -0.3 is 4.98 Å². The second-order valence-electron chi connectivity index (χ2n) is 5.96. The standard InChI is InChI=1S/C15H28N2/c1-8-15(7,9-2)13-12(10(3)4)16-14(17-13)11(5)6/h10-11H,8-9H2,1-7H3,(H,16,17). The summed E-state index contributed by atoms with van der Waals surface area (Å²) >= 11 is 0. The normalized spacial score (nSPS) is 12.8. The van der Waals surface area contributed by atoms with Crippen LogP contribution in [0.4, 0.5) is 0 Å². The number of nitrogens with one attached hydrogen (secondary N) is 1. The summed E-state index contributed by atoms with van der Waals surface area (Å²) in [6.45, 7) is 15.7. The topological polar surface area (TPSA) is 28.7 Å². The Hall–Kier alpha value is -0.790. The van der Waals surface area contributed by atoms with Gasteiger partial charge in [-0.3, -0.25) is 0 Å². The molecule has 0 aliphatic carbocycles. The number of H-pyrrole nitrogens is 1. The fourth-order valence-corrected chi connectivity index (χ4v) is 2.14. The predicted molar refractivity (Wildman–Crippen MR) is 74.7 cm³/mol. The van der Waals surface area contributed by atoms with Gasteiger partial charge in [0, 0.05) is 17.0 Å². The minimum atomic E-state index is 0.212. The van der Waals surface area contributed by atoms with Crippen LogP contribution in [-0.4, -0.2) is 9.97 Å². The van der Waals surface area contributed by atoms with Gasteiger partial charge in [-0.05, 0) is 18.8 Å². The van der Waals surface area contributed by atoms with Crippen LogP contribution in [0, 0.1) is 0 Å². The van der Waals surface area contributed by atoms with Crippen LogP contribution in [0.1, 0.15) is 90.4 Å². The predicted octanol–water partition coefficient (Wildman–Crippen LogP) is 4.73. The van der Waals surface area contributed by atoms with Gasteiger partial charge in [-0.25, -0.2) is 4.98 Å². The molecule has 0 spiro atoms. The highest BCUT2D eigenvalue weighted by atomic mass is 15.0. The molecule has 0 radical (unpaired) electrons. The molecule has 0 fully saturated rings. The Bertz CT molecular complexity index is 357. The Morgan fingerprint density at radius 1 is 1.06 bits per heavy atom. The van der Waals surface area contributed by atoms with Gasteiger partial charge in [0.1, 0.15) is 5.82 Å². The van der Waals surface area contributed by atoms with Crippen molar-refractivity contribution in [2.75, 3.05) is 0 Å². The van der Waals surface area contributed by atoms with Gasteiger partial charge >= 0.3 is 0 Å². The first kappa shape index (κ1) is 14.3. The highest BCUT2D eigenvalue weighted by Crippen LogP contribution is 2.35. The molecule has 2 heteroatoms.